The summed E-state index contributed by atoms with van der Waals surface area (Å²) in [6, 6.07) is 4.42. The molecule has 3 aromatic rings. The number of likely N-dealkylation sites (tertiary alicyclic amines) is 1. The highest BCUT2D eigenvalue weighted by atomic mass is 19.1. The topological polar surface area (TPSA) is 79.5 Å². The van der Waals surface area contributed by atoms with Crippen LogP contribution in [-0.4, -0.2) is 74.2 Å². The number of anilines is 1. The number of fused-ring (bicyclic) bond motifs is 3. The van der Waals surface area contributed by atoms with Gasteiger partial charge < -0.3 is 14.7 Å². The minimum absolute atomic E-state index is 0.0598. The molecule has 0 aliphatic carbocycles. The van der Waals surface area contributed by atoms with Crippen molar-refractivity contribution in [3.05, 3.63) is 36.0 Å². The number of halogens is 2. The Kier molecular flexibility index (Phi) is 3.57. The maximum atomic E-state index is 14.3. The first-order chi connectivity index (χ1) is 14.1. The minimum atomic E-state index is -0.756. The van der Waals surface area contributed by atoms with Gasteiger partial charge >= 0.3 is 0 Å². The molecule has 3 fully saturated rings. The minimum Gasteiger partial charge on any atom is -0.493 e. The molecule has 29 heavy (non-hydrogen) atoms. The Morgan fingerprint density at radius 1 is 1.07 bits per heavy atom. The molecule has 1 aromatic carbocycles. The van der Waals surface area contributed by atoms with Crippen LogP contribution in [0.4, 0.5) is 14.7 Å². The fourth-order valence-electron chi connectivity index (χ4n) is 4.64. The van der Waals surface area contributed by atoms with Gasteiger partial charge in [0.2, 0.25) is 11.8 Å². The summed E-state index contributed by atoms with van der Waals surface area (Å²) >= 11 is 0. The summed E-state index contributed by atoms with van der Waals surface area (Å²) in [7, 11) is 0. The average Bonchev–Trinajstić information content (AvgIpc) is 3.34. The monoisotopic (exact) mass is 400 g/mol. The number of aromatic nitrogens is 4. The summed E-state index contributed by atoms with van der Waals surface area (Å²) in [5, 5.41) is 14.9. The second kappa shape index (κ2) is 6.07. The van der Waals surface area contributed by atoms with Gasteiger partial charge in [-0.25, -0.2) is 13.5 Å². The van der Waals surface area contributed by atoms with E-state index in [1.807, 2.05) is 0 Å². The van der Waals surface area contributed by atoms with Crippen LogP contribution in [0.2, 0.25) is 0 Å². The van der Waals surface area contributed by atoms with Crippen molar-refractivity contribution >= 4 is 17.0 Å². The van der Waals surface area contributed by atoms with Crippen LogP contribution in [0.5, 0.6) is 5.88 Å². The number of piperazine rings is 1. The maximum absolute atomic E-state index is 14.3. The van der Waals surface area contributed by atoms with Gasteiger partial charge in [0.25, 0.3) is 0 Å². The van der Waals surface area contributed by atoms with Crippen molar-refractivity contribution in [2.45, 2.75) is 24.5 Å². The van der Waals surface area contributed by atoms with E-state index in [4.69, 9.17) is 4.74 Å². The summed E-state index contributed by atoms with van der Waals surface area (Å²) in [5.41, 5.74) is 0.342. The summed E-state index contributed by atoms with van der Waals surface area (Å²) in [5.74, 6) is -1.23. The highest BCUT2D eigenvalue weighted by Crippen LogP contribution is 2.37. The lowest BCUT2D eigenvalue weighted by molar-refractivity contribution is -0.0708. The fraction of sp³-hybridized carbons (Fsp3) is 0.421. The lowest BCUT2D eigenvalue weighted by Crippen LogP contribution is -2.57. The molecule has 3 saturated heterocycles. The second-order valence-corrected chi connectivity index (χ2v) is 7.82. The summed E-state index contributed by atoms with van der Waals surface area (Å²) in [4.78, 5) is 13.4. The van der Waals surface area contributed by atoms with Gasteiger partial charge in [-0.15, -0.1) is 0 Å². The molecule has 10 heteroatoms. The SMILES string of the molecule is Oc1nc(N2C[C@H]3C[C@@H]2CN3C2COC2)nc2c1cnn2-c1ccc(F)cc1F. The second-order valence-electron chi connectivity index (χ2n) is 7.82. The third kappa shape index (κ3) is 2.52. The van der Waals surface area contributed by atoms with Crippen molar-refractivity contribution in [3.8, 4) is 11.6 Å². The van der Waals surface area contributed by atoms with Crippen molar-refractivity contribution in [1.82, 2.24) is 24.6 Å². The zero-order chi connectivity index (χ0) is 19.7. The quantitative estimate of drug-likeness (QED) is 0.713. The largest absolute Gasteiger partial charge is 0.493 e. The number of hydrogen-bond acceptors (Lipinski definition) is 7. The van der Waals surface area contributed by atoms with E-state index in [9.17, 15) is 13.9 Å². The van der Waals surface area contributed by atoms with E-state index in [2.05, 4.69) is 24.9 Å². The molecule has 2 atom stereocenters. The van der Waals surface area contributed by atoms with E-state index in [-0.39, 0.29) is 23.3 Å². The first-order valence-corrected chi connectivity index (χ1v) is 9.59. The molecule has 2 aromatic heterocycles. The Bertz CT molecular complexity index is 1120. The Morgan fingerprint density at radius 2 is 1.93 bits per heavy atom. The third-order valence-corrected chi connectivity index (χ3v) is 6.16. The summed E-state index contributed by atoms with van der Waals surface area (Å²) in [6.07, 6.45) is 2.40. The number of ether oxygens (including phenoxy) is 1. The van der Waals surface area contributed by atoms with Crippen LogP contribution in [0.1, 0.15) is 6.42 Å². The van der Waals surface area contributed by atoms with Crippen LogP contribution in [-0.2, 0) is 4.74 Å². The van der Waals surface area contributed by atoms with Gasteiger partial charge in [-0.1, -0.05) is 0 Å². The predicted molar refractivity (Wildman–Crippen MR) is 99.1 cm³/mol. The van der Waals surface area contributed by atoms with Gasteiger partial charge in [-0.05, 0) is 18.6 Å². The molecule has 2 bridgehead atoms. The van der Waals surface area contributed by atoms with Crippen LogP contribution in [0.3, 0.4) is 0 Å². The van der Waals surface area contributed by atoms with E-state index in [0.717, 1.165) is 44.9 Å². The van der Waals surface area contributed by atoms with Gasteiger partial charge in [0, 0.05) is 31.2 Å². The number of rotatable bonds is 3. The highest BCUT2D eigenvalue weighted by Gasteiger charge is 2.48. The molecular weight excluding hydrogens is 382 g/mol. The Labute approximate surface area is 164 Å². The van der Waals surface area contributed by atoms with Gasteiger partial charge in [0.15, 0.2) is 11.5 Å². The molecular formula is C19H18F2N6O2. The Morgan fingerprint density at radius 3 is 2.62 bits per heavy atom. The van der Waals surface area contributed by atoms with Crippen LogP contribution in [0.15, 0.2) is 24.4 Å². The smallest absolute Gasteiger partial charge is 0.231 e. The first-order valence-electron chi connectivity index (χ1n) is 9.59. The van der Waals surface area contributed by atoms with Crippen molar-refractivity contribution in [2.24, 2.45) is 0 Å². The van der Waals surface area contributed by atoms with Gasteiger partial charge in [0.1, 0.15) is 16.9 Å². The molecule has 3 aliphatic rings. The van der Waals surface area contributed by atoms with E-state index in [1.54, 1.807) is 0 Å². The van der Waals surface area contributed by atoms with Gasteiger partial charge in [0.05, 0.1) is 25.5 Å². The van der Waals surface area contributed by atoms with Crippen LogP contribution >= 0.6 is 0 Å². The predicted octanol–water partition coefficient (Wildman–Crippen LogP) is 1.46. The Hall–Kier alpha value is -2.85. The molecule has 0 unspecified atom stereocenters. The van der Waals surface area contributed by atoms with E-state index in [0.29, 0.717) is 23.4 Å². The van der Waals surface area contributed by atoms with Crippen molar-refractivity contribution in [1.29, 1.82) is 0 Å². The number of nitrogens with zero attached hydrogens (tertiary/aromatic N) is 6. The lowest BCUT2D eigenvalue weighted by Gasteiger charge is -2.42. The van der Waals surface area contributed by atoms with Crippen molar-refractivity contribution in [3.63, 3.8) is 0 Å². The van der Waals surface area contributed by atoms with E-state index >= 15 is 0 Å². The standard InChI is InChI=1S/C19H18F2N6O2/c20-10-1-2-16(15(21)3-10)27-17-14(5-22-27)18(28)24-19(23-17)26-7-11-4-12(26)6-25(11)13-8-29-9-13/h1-3,5,11-13H,4,6-9H2,(H,23,24,28)/t11-,12-/m1/s1. The highest BCUT2D eigenvalue weighted by molar-refractivity contribution is 5.82. The molecule has 0 saturated carbocycles. The van der Waals surface area contributed by atoms with Crippen LogP contribution < -0.4 is 4.90 Å². The van der Waals surface area contributed by atoms with Gasteiger partial charge in [-0.3, -0.25) is 4.90 Å². The molecule has 150 valence electrons. The zero-order valence-corrected chi connectivity index (χ0v) is 15.4. The van der Waals surface area contributed by atoms with Crippen LogP contribution in [0.25, 0.3) is 16.7 Å². The van der Waals surface area contributed by atoms with E-state index in [1.165, 1.54) is 16.9 Å². The molecule has 8 nitrogen and oxygen atoms in total. The molecule has 0 spiro atoms. The molecule has 6 rings (SSSR count). The fourth-order valence-corrected chi connectivity index (χ4v) is 4.64. The number of benzene rings is 1. The van der Waals surface area contributed by atoms with Crippen molar-refractivity contribution in [2.75, 3.05) is 31.2 Å². The normalized spacial score (nSPS) is 24.6. The van der Waals surface area contributed by atoms with Crippen LogP contribution in [0, 0.1) is 11.6 Å². The molecule has 3 aliphatic heterocycles. The van der Waals surface area contributed by atoms with E-state index < -0.39 is 11.6 Å². The third-order valence-electron chi connectivity index (χ3n) is 6.16. The maximum Gasteiger partial charge on any atom is 0.231 e. The van der Waals surface area contributed by atoms with Gasteiger partial charge in [-0.2, -0.15) is 15.1 Å². The average molecular weight is 400 g/mol. The lowest BCUT2D eigenvalue weighted by atomic mass is 10.2. The molecule has 1 N–H and O–H groups in total. The van der Waals surface area contributed by atoms with Crippen molar-refractivity contribution < 1.29 is 18.6 Å². The number of hydrogen-bond donors (Lipinski definition) is 1. The Balaban J connectivity index is 1.37. The first kappa shape index (κ1) is 17.0. The molecule has 5 heterocycles. The summed E-state index contributed by atoms with van der Waals surface area (Å²) < 4.78 is 34.2. The molecule has 0 amide bonds. The summed E-state index contributed by atoms with van der Waals surface area (Å²) in [6.45, 7) is 3.25. The molecule has 0 radical (unpaired) electrons. The number of aromatic hydroxyl groups is 1. The zero-order valence-electron chi connectivity index (χ0n) is 15.4.